The number of methoxy groups -OCH3 is 3. The van der Waals surface area contributed by atoms with E-state index in [9.17, 15) is 9.59 Å². The smallest absolute Gasteiger partial charge is 0.322 e. The normalized spacial score (nSPS) is 15.6. The van der Waals surface area contributed by atoms with Crippen LogP contribution in [-0.4, -0.2) is 49.9 Å². The van der Waals surface area contributed by atoms with Crippen LogP contribution in [0.25, 0.3) is 6.08 Å². The average Bonchev–Trinajstić information content (AvgIpc) is 3.48. The summed E-state index contributed by atoms with van der Waals surface area (Å²) < 4.78 is 21.5. The van der Waals surface area contributed by atoms with Crippen molar-refractivity contribution in [1.82, 2.24) is 10.2 Å². The summed E-state index contributed by atoms with van der Waals surface area (Å²) in [4.78, 5) is 26.5. The lowest BCUT2D eigenvalue weighted by Crippen LogP contribution is -2.24. The van der Waals surface area contributed by atoms with Gasteiger partial charge in [0.2, 0.25) is 17.5 Å². The highest BCUT2D eigenvalue weighted by Gasteiger charge is 2.35. The number of carbonyl (C=O) groups is 2. The van der Waals surface area contributed by atoms with Crippen LogP contribution in [-0.2, 0) is 9.59 Å². The number of benzene rings is 2. The van der Waals surface area contributed by atoms with Crippen molar-refractivity contribution in [3.8, 4) is 17.2 Å². The minimum Gasteiger partial charge on any atom is -0.493 e. The molecule has 1 fully saturated rings. The van der Waals surface area contributed by atoms with Crippen LogP contribution in [0.3, 0.4) is 0 Å². The standard InChI is InChI=1S/C24H24N4O6/c1-31-18-11-15(12-19(32-2)22(18)33-3)9-10-20(29)25-24-27-26-23(34-24)16-13-21(30)28(14-16)17-7-5-4-6-8-17/h4-12,16H,13-14H2,1-3H3,(H,25,27,29). The maximum atomic E-state index is 12.4. The lowest BCUT2D eigenvalue weighted by Gasteiger charge is -2.15. The zero-order chi connectivity index (χ0) is 24.1. The molecule has 4 rings (SSSR count). The van der Waals surface area contributed by atoms with Crippen LogP contribution in [0.15, 0.2) is 53.0 Å². The number of aromatic nitrogens is 2. The number of ether oxygens (including phenoxy) is 3. The van der Waals surface area contributed by atoms with Crippen LogP contribution in [0.4, 0.5) is 11.7 Å². The first-order valence-electron chi connectivity index (χ1n) is 10.5. The molecular formula is C24H24N4O6. The fraction of sp³-hybridized carbons (Fsp3) is 0.250. The van der Waals surface area contributed by atoms with Gasteiger partial charge in [0.25, 0.3) is 5.91 Å². The van der Waals surface area contributed by atoms with Gasteiger partial charge in [-0.05, 0) is 35.9 Å². The van der Waals surface area contributed by atoms with Crippen molar-refractivity contribution >= 4 is 29.6 Å². The Kier molecular flexibility index (Phi) is 6.77. The quantitative estimate of drug-likeness (QED) is 0.505. The fourth-order valence-corrected chi connectivity index (χ4v) is 3.70. The molecule has 2 heterocycles. The lowest BCUT2D eigenvalue weighted by atomic mass is 10.1. The van der Waals surface area contributed by atoms with Crippen LogP contribution in [0.1, 0.15) is 23.8 Å². The van der Waals surface area contributed by atoms with E-state index in [1.54, 1.807) is 23.1 Å². The Morgan fingerprint density at radius 2 is 1.79 bits per heavy atom. The lowest BCUT2D eigenvalue weighted by molar-refractivity contribution is -0.117. The van der Waals surface area contributed by atoms with E-state index >= 15 is 0 Å². The summed E-state index contributed by atoms with van der Waals surface area (Å²) >= 11 is 0. The van der Waals surface area contributed by atoms with E-state index < -0.39 is 5.91 Å². The van der Waals surface area contributed by atoms with Crippen molar-refractivity contribution in [2.24, 2.45) is 0 Å². The first kappa shape index (κ1) is 22.8. The zero-order valence-corrected chi connectivity index (χ0v) is 19.0. The molecule has 10 heteroatoms. The fourth-order valence-electron chi connectivity index (χ4n) is 3.70. The predicted octanol–water partition coefficient (Wildman–Crippen LogP) is 3.27. The van der Waals surface area contributed by atoms with Gasteiger partial charge in [0.05, 0.1) is 27.2 Å². The highest BCUT2D eigenvalue weighted by molar-refractivity contribution is 6.00. The van der Waals surface area contributed by atoms with E-state index in [1.807, 2.05) is 30.3 Å². The number of hydrogen-bond acceptors (Lipinski definition) is 8. The largest absolute Gasteiger partial charge is 0.493 e. The molecule has 34 heavy (non-hydrogen) atoms. The van der Waals surface area contributed by atoms with Gasteiger partial charge in [-0.3, -0.25) is 14.9 Å². The minimum absolute atomic E-state index is 0.0201. The maximum absolute atomic E-state index is 12.4. The topological polar surface area (TPSA) is 116 Å². The molecule has 0 spiro atoms. The van der Waals surface area contributed by atoms with Crippen LogP contribution < -0.4 is 24.4 Å². The summed E-state index contributed by atoms with van der Waals surface area (Å²) in [7, 11) is 4.55. The summed E-state index contributed by atoms with van der Waals surface area (Å²) in [5.41, 5.74) is 1.49. The summed E-state index contributed by atoms with van der Waals surface area (Å²) in [5, 5.41) is 10.4. The summed E-state index contributed by atoms with van der Waals surface area (Å²) in [5.74, 6) is 0.973. The average molecular weight is 464 g/mol. The minimum atomic E-state index is -0.461. The second-order valence-corrected chi connectivity index (χ2v) is 7.47. The van der Waals surface area contributed by atoms with E-state index in [-0.39, 0.29) is 24.3 Å². The molecule has 1 aromatic heterocycles. The van der Waals surface area contributed by atoms with Crippen molar-refractivity contribution in [3.05, 3.63) is 60.0 Å². The van der Waals surface area contributed by atoms with Gasteiger partial charge >= 0.3 is 6.01 Å². The molecule has 1 unspecified atom stereocenters. The van der Waals surface area contributed by atoms with Crippen molar-refractivity contribution in [3.63, 3.8) is 0 Å². The monoisotopic (exact) mass is 464 g/mol. The Morgan fingerprint density at radius 1 is 1.09 bits per heavy atom. The molecule has 10 nitrogen and oxygen atoms in total. The molecule has 2 aromatic carbocycles. The summed E-state index contributed by atoms with van der Waals surface area (Å²) in [6.07, 6.45) is 3.16. The molecule has 0 aliphatic carbocycles. The number of nitrogens with zero attached hydrogens (tertiary/aromatic N) is 3. The third-order valence-electron chi connectivity index (χ3n) is 5.33. The summed E-state index contributed by atoms with van der Waals surface area (Å²) in [6.45, 7) is 0.430. The molecule has 2 amide bonds. The SMILES string of the molecule is COc1cc(C=CC(=O)Nc2nnc(C3CC(=O)N(c4ccccc4)C3)o2)cc(OC)c1OC. The van der Waals surface area contributed by atoms with Crippen molar-refractivity contribution in [2.75, 3.05) is 38.1 Å². The Bertz CT molecular complexity index is 1180. The van der Waals surface area contributed by atoms with E-state index in [2.05, 4.69) is 15.5 Å². The first-order chi connectivity index (χ1) is 16.5. The molecule has 1 atom stereocenters. The van der Waals surface area contributed by atoms with Gasteiger partial charge in [-0.25, -0.2) is 0 Å². The number of carbonyl (C=O) groups excluding carboxylic acids is 2. The number of hydrogen-bond donors (Lipinski definition) is 1. The van der Waals surface area contributed by atoms with Crippen molar-refractivity contribution in [1.29, 1.82) is 0 Å². The number of anilines is 2. The van der Waals surface area contributed by atoms with Gasteiger partial charge in [0.15, 0.2) is 11.5 Å². The number of amides is 2. The third kappa shape index (κ3) is 4.85. The molecule has 176 valence electrons. The Labute approximate surface area is 196 Å². The van der Waals surface area contributed by atoms with Crippen LogP contribution >= 0.6 is 0 Å². The maximum Gasteiger partial charge on any atom is 0.322 e. The molecule has 1 saturated heterocycles. The molecule has 0 bridgehead atoms. The van der Waals surface area contributed by atoms with Crippen molar-refractivity contribution in [2.45, 2.75) is 12.3 Å². The molecule has 1 aliphatic rings. The van der Waals surface area contributed by atoms with E-state index in [1.165, 1.54) is 27.4 Å². The van der Waals surface area contributed by atoms with E-state index in [4.69, 9.17) is 18.6 Å². The van der Waals surface area contributed by atoms with Gasteiger partial charge in [0.1, 0.15) is 0 Å². The molecule has 1 aliphatic heterocycles. The Balaban J connectivity index is 1.40. The van der Waals surface area contributed by atoms with Crippen LogP contribution in [0, 0.1) is 0 Å². The van der Waals surface area contributed by atoms with E-state index in [0.29, 0.717) is 35.2 Å². The number of nitrogens with one attached hydrogen (secondary N) is 1. The molecule has 1 N–H and O–H groups in total. The van der Waals surface area contributed by atoms with Gasteiger partial charge in [0, 0.05) is 24.7 Å². The number of rotatable bonds is 8. The van der Waals surface area contributed by atoms with E-state index in [0.717, 1.165) is 5.69 Å². The van der Waals surface area contributed by atoms with Gasteiger partial charge < -0.3 is 23.5 Å². The predicted molar refractivity (Wildman–Crippen MR) is 124 cm³/mol. The van der Waals surface area contributed by atoms with Gasteiger partial charge in [-0.2, -0.15) is 0 Å². The third-order valence-corrected chi connectivity index (χ3v) is 5.33. The summed E-state index contributed by atoms with van der Waals surface area (Å²) in [6, 6.07) is 12.8. The Hall–Kier alpha value is -4.34. The second kappa shape index (κ2) is 10.1. The van der Waals surface area contributed by atoms with Crippen LogP contribution in [0.5, 0.6) is 17.2 Å². The molecular weight excluding hydrogens is 440 g/mol. The molecule has 3 aromatic rings. The Morgan fingerprint density at radius 3 is 2.44 bits per heavy atom. The molecule has 0 radical (unpaired) electrons. The van der Waals surface area contributed by atoms with Crippen LogP contribution in [0.2, 0.25) is 0 Å². The van der Waals surface area contributed by atoms with Gasteiger partial charge in [-0.1, -0.05) is 23.3 Å². The number of para-hydroxylation sites is 1. The molecule has 0 saturated carbocycles. The van der Waals surface area contributed by atoms with Crippen molar-refractivity contribution < 1.29 is 28.2 Å². The van der Waals surface area contributed by atoms with Gasteiger partial charge in [-0.15, -0.1) is 5.10 Å². The second-order valence-electron chi connectivity index (χ2n) is 7.47. The zero-order valence-electron chi connectivity index (χ0n) is 19.0. The first-order valence-corrected chi connectivity index (χ1v) is 10.5. The highest BCUT2D eigenvalue weighted by atomic mass is 16.5. The highest BCUT2D eigenvalue weighted by Crippen LogP contribution is 2.38.